The molecule has 0 saturated carbocycles. The number of nitrogens with zero attached hydrogens (tertiary/aromatic N) is 3. The topological polar surface area (TPSA) is 80.5 Å². The molecule has 0 bridgehead atoms. The van der Waals surface area contributed by atoms with Crippen LogP contribution in [0.3, 0.4) is 0 Å². The van der Waals surface area contributed by atoms with Crippen molar-refractivity contribution >= 4 is 5.91 Å². The lowest BCUT2D eigenvalue weighted by Crippen LogP contribution is -2.24. The van der Waals surface area contributed by atoms with Crippen LogP contribution in [0, 0.1) is 0 Å². The van der Waals surface area contributed by atoms with Gasteiger partial charge in [-0.25, -0.2) is 4.98 Å². The van der Waals surface area contributed by atoms with Gasteiger partial charge in [0.2, 0.25) is 5.89 Å². The lowest BCUT2D eigenvalue weighted by molar-refractivity contribution is -0.137. The second-order valence-corrected chi connectivity index (χ2v) is 8.32. The molecule has 0 radical (unpaired) electrons. The Labute approximate surface area is 211 Å². The predicted octanol–water partition coefficient (Wildman–Crippen LogP) is 5.23. The molecule has 4 aromatic rings. The molecule has 2 aromatic heterocycles. The summed E-state index contributed by atoms with van der Waals surface area (Å²) in [5, 5.41) is 2.77. The molecule has 7 nitrogen and oxygen atoms in total. The number of carbonyl (C=O) groups is 1. The van der Waals surface area contributed by atoms with Gasteiger partial charge in [0.25, 0.3) is 5.91 Å². The fraction of sp³-hybridized carbons (Fsp3) is 0.222. The van der Waals surface area contributed by atoms with Crippen LogP contribution in [-0.2, 0) is 32.4 Å². The molecule has 0 aliphatic heterocycles. The van der Waals surface area contributed by atoms with Crippen molar-refractivity contribution < 1.29 is 27.1 Å². The molecule has 2 heterocycles. The van der Waals surface area contributed by atoms with Gasteiger partial charge in [0.15, 0.2) is 5.69 Å². The molecule has 37 heavy (non-hydrogen) atoms. The molecule has 0 spiro atoms. The van der Waals surface area contributed by atoms with Crippen molar-refractivity contribution in [3.05, 3.63) is 113 Å². The molecule has 0 unspecified atom stereocenters. The minimum atomic E-state index is -4.44. The number of pyridine rings is 1. The van der Waals surface area contributed by atoms with Gasteiger partial charge in [-0.15, -0.1) is 0 Å². The Bertz CT molecular complexity index is 1330. The first-order chi connectivity index (χ1) is 17.8. The van der Waals surface area contributed by atoms with Gasteiger partial charge < -0.3 is 14.5 Å². The Kier molecular flexibility index (Phi) is 8.19. The van der Waals surface area contributed by atoms with Gasteiger partial charge in [-0.05, 0) is 35.4 Å². The maximum absolute atomic E-state index is 13.3. The monoisotopic (exact) mass is 510 g/mol. The highest BCUT2D eigenvalue weighted by atomic mass is 19.4. The largest absolute Gasteiger partial charge is 0.496 e. The number of amides is 1. The van der Waals surface area contributed by atoms with Crippen LogP contribution in [0.1, 0.15) is 38.6 Å². The van der Waals surface area contributed by atoms with Crippen molar-refractivity contribution in [1.29, 1.82) is 0 Å². The number of ether oxygens (including phenoxy) is 1. The number of halogens is 3. The van der Waals surface area contributed by atoms with E-state index in [4.69, 9.17) is 9.15 Å². The quantitative estimate of drug-likeness (QED) is 0.315. The average Bonchev–Trinajstić information content (AvgIpc) is 3.36. The lowest BCUT2D eigenvalue weighted by Gasteiger charge is -2.22. The summed E-state index contributed by atoms with van der Waals surface area (Å²) in [4.78, 5) is 22.6. The molecule has 4 rings (SSSR count). The van der Waals surface area contributed by atoms with Crippen LogP contribution in [0.4, 0.5) is 13.2 Å². The summed E-state index contributed by atoms with van der Waals surface area (Å²) in [6.45, 7) is 1.01. The zero-order valence-corrected chi connectivity index (χ0v) is 20.0. The summed E-state index contributed by atoms with van der Waals surface area (Å²) in [6, 6.07) is 16.2. The highest BCUT2D eigenvalue weighted by Crippen LogP contribution is 2.30. The van der Waals surface area contributed by atoms with Crippen molar-refractivity contribution in [2.24, 2.45) is 0 Å². The van der Waals surface area contributed by atoms with Crippen LogP contribution in [0.2, 0.25) is 0 Å². The van der Waals surface area contributed by atoms with E-state index in [0.717, 1.165) is 23.3 Å². The van der Waals surface area contributed by atoms with Gasteiger partial charge in [-0.1, -0.05) is 36.4 Å². The summed E-state index contributed by atoms with van der Waals surface area (Å²) in [5.74, 6) is 0.511. The fourth-order valence-electron chi connectivity index (χ4n) is 3.80. The first-order valence-corrected chi connectivity index (χ1v) is 11.4. The molecule has 0 atom stereocenters. The highest BCUT2D eigenvalue weighted by Gasteiger charge is 2.30. The van der Waals surface area contributed by atoms with E-state index < -0.39 is 17.6 Å². The predicted molar refractivity (Wildman–Crippen MR) is 129 cm³/mol. The molecule has 0 aliphatic carbocycles. The number of benzene rings is 2. The number of nitrogens with one attached hydrogen (secondary N) is 1. The van der Waals surface area contributed by atoms with Gasteiger partial charge in [-0.3, -0.25) is 14.7 Å². The normalized spacial score (nSPS) is 11.5. The number of rotatable bonds is 10. The van der Waals surface area contributed by atoms with Gasteiger partial charge in [0.05, 0.1) is 19.2 Å². The number of alkyl halides is 3. The molecule has 0 saturated heterocycles. The van der Waals surface area contributed by atoms with E-state index in [0.29, 0.717) is 24.4 Å². The Hall–Kier alpha value is -4.18. The Morgan fingerprint density at radius 2 is 1.78 bits per heavy atom. The maximum Gasteiger partial charge on any atom is 0.416 e. The van der Waals surface area contributed by atoms with Crippen LogP contribution in [0.15, 0.2) is 83.7 Å². The molecule has 10 heteroatoms. The van der Waals surface area contributed by atoms with Gasteiger partial charge in [-0.2, -0.15) is 13.2 Å². The fourth-order valence-corrected chi connectivity index (χ4v) is 3.80. The zero-order valence-electron chi connectivity index (χ0n) is 20.0. The van der Waals surface area contributed by atoms with Gasteiger partial charge in [0.1, 0.15) is 12.0 Å². The summed E-state index contributed by atoms with van der Waals surface area (Å²) in [6.07, 6.45) is 0.0974. The summed E-state index contributed by atoms with van der Waals surface area (Å²) in [5.41, 5.74) is 1.61. The third-order valence-corrected chi connectivity index (χ3v) is 5.59. The molecule has 192 valence electrons. The van der Waals surface area contributed by atoms with Crippen LogP contribution in [-0.4, -0.2) is 27.9 Å². The molecule has 2 aromatic carbocycles. The van der Waals surface area contributed by atoms with Crippen molar-refractivity contribution in [2.45, 2.75) is 32.4 Å². The number of hydrogen-bond acceptors (Lipinski definition) is 6. The first-order valence-electron chi connectivity index (χ1n) is 11.4. The number of para-hydroxylation sites is 1. The van der Waals surface area contributed by atoms with Crippen molar-refractivity contribution in [2.75, 3.05) is 7.11 Å². The van der Waals surface area contributed by atoms with Crippen LogP contribution in [0.25, 0.3) is 0 Å². The molecule has 0 aliphatic rings. The third kappa shape index (κ3) is 7.17. The van der Waals surface area contributed by atoms with Gasteiger partial charge >= 0.3 is 6.18 Å². The van der Waals surface area contributed by atoms with E-state index >= 15 is 0 Å². The zero-order chi connectivity index (χ0) is 26.3. The third-order valence-electron chi connectivity index (χ3n) is 5.59. The molecule has 1 N–H and O–H groups in total. The van der Waals surface area contributed by atoms with E-state index in [1.165, 1.54) is 12.3 Å². The van der Waals surface area contributed by atoms with E-state index in [1.54, 1.807) is 37.7 Å². The second-order valence-electron chi connectivity index (χ2n) is 8.32. The van der Waals surface area contributed by atoms with E-state index in [9.17, 15) is 18.0 Å². The van der Waals surface area contributed by atoms with Crippen molar-refractivity contribution in [3.63, 3.8) is 0 Å². The van der Waals surface area contributed by atoms with Crippen LogP contribution in [0.5, 0.6) is 5.75 Å². The maximum atomic E-state index is 13.3. The SMILES string of the molecule is COc1ccccc1CN(Cc1cccc(C(F)(F)F)c1)Cc1nc(C(=O)NCc2ccncc2)co1. The van der Waals surface area contributed by atoms with E-state index in [-0.39, 0.29) is 24.7 Å². The average molecular weight is 511 g/mol. The van der Waals surface area contributed by atoms with E-state index in [1.807, 2.05) is 29.2 Å². The summed E-state index contributed by atoms with van der Waals surface area (Å²) in [7, 11) is 1.56. The minimum absolute atomic E-state index is 0.111. The lowest BCUT2D eigenvalue weighted by atomic mass is 10.1. The number of carbonyl (C=O) groups excluding carboxylic acids is 1. The summed E-state index contributed by atoms with van der Waals surface area (Å²) >= 11 is 0. The molecular formula is C27H25F3N4O3. The number of aromatic nitrogens is 2. The smallest absolute Gasteiger partial charge is 0.416 e. The van der Waals surface area contributed by atoms with Crippen LogP contribution >= 0.6 is 0 Å². The summed E-state index contributed by atoms with van der Waals surface area (Å²) < 4.78 is 50.7. The van der Waals surface area contributed by atoms with Gasteiger partial charge in [0, 0.05) is 37.6 Å². The number of hydrogen-bond donors (Lipinski definition) is 1. The van der Waals surface area contributed by atoms with Crippen LogP contribution < -0.4 is 10.1 Å². The number of methoxy groups -OCH3 is 1. The Morgan fingerprint density at radius 3 is 2.54 bits per heavy atom. The molecular weight excluding hydrogens is 485 g/mol. The molecule has 1 amide bonds. The second kappa shape index (κ2) is 11.7. The minimum Gasteiger partial charge on any atom is -0.496 e. The number of oxazole rings is 1. The first kappa shape index (κ1) is 25.9. The standard InChI is InChI=1S/C27H25F3N4O3/c1-36-24-8-3-2-6-21(24)16-34(15-20-5-4-7-22(13-20)27(28,29)30)17-25-33-23(18-37-25)26(35)32-14-19-9-11-31-12-10-19/h2-13,18H,14-17H2,1H3,(H,32,35). The Morgan fingerprint density at radius 1 is 1.00 bits per heavy atom. The molecule has 0 fully saturated rings. The van der Waals surface area contributed by atoms with Crippen molar-refractivity contribution in [3.8, 4) is 5.75 Å². The van der Waals surface area contributed by atoms with E-state index in [2.05, 4.69) is 15.3 Å². The van der Waals surface area contributed by atoms with Crippen molar-refractivity contribution in [1.82, 2.24) is 20.2 Å². The Balaban J connectivity index is 1.50. The highest BCUT2D eigenvalue weighted by molar-refractivity contribution is 5.91.